The minimum Gasteiger partial charge on any atom is -0.345 e. The molecule has 0 aliphatic heterocycles. The molecule has 156 valence electrons. The standard InChI is InChI=1S/C24H23N5O2/c1-4-12-28-21(25)18(23(30)26-16(3)17-8-6-5-7-9-17)13-19-22(28)27-20-11-10-15(2)14-29(20)24(19)31/h4-11,13-14,16,25H,1,12H2,2-3H3,(H,26,30)/t16-/m0/s1. The fourth-order valence-electron chi connectivity index (χ4n) is 3.62. The highest BCUT2D eigenvalue weighted by molar-refractivity contribution is 5.97. The molecular formula is C24H23N5O2. The maximum absolute atomic E-state index is 13.2. The van der Waals surface area contributed by atoms with Gasteiger partial charge in [0.15, 0.2) is 0 Å². The highest BCUT2D eigenvalue weighted by Gasteiger charge is 2.19. The van der Waals surface area contributed by atoms with Crippen LogP contribution in [0.4, 0.5) is 0 Å². The predicted molar refractivity (Wildman–Crippen MR) is 120 cm³/mol. The molecule has 0 aliphatic rings. The Morgan fingerprint density at radius 2 is 2.00 bits per heavy atom. The number of hydrogen-bond acceptors (Lipinski definition) is 4. The van der Waals surface area contributed by atoms with Crippen molar-refractivity contribution in [2.75, 3.05) is 0 Å². The number of amides is 1. The maximum atomic E-state index is 13.2. The van der Waals surface area contributed by atoms with Crippen molar-refractivity contribution in [2.24, 2.45) is 0 Å². The lowest BCUT2D eigenvalue weighted by molar-refractivity contribution is 0.0937. The Kier molecular flexibility index (Phi) is 5.25. The van der Waals surface area contributed by atoms with Crippen molar-refractivity contribution in [3.05, 3.63) is 99.9 Å². The molecule has 3 heterocycles. The van der Waals surface area contributed by atoms with Crippen molar-refractivity contribution in [1.29, 1.82) is 5.41 Å². The lowest BCUT2D eigenvalue weighted by Crippen LogP contribution is -2.35. The van der Waals surface area contributed by atoms with Gasteiger partial charge in [-0.05, 0) is 37.1 Å². The van der Waals surface area contributed by atoms with Gasteiger partial charge in [-0.1, -0.05) is 42.5 Å². The van der Waals surface area contributed by atoms with Crippen LogP contribution in [-0.2, 0) is 6.54 Å². The summed E-state index contributed by atoms with van der Waals surface area (Å²) in [6.45, 7) is 7.77. The van der Waals surface area contributed by atoms with Gasteiger partial charge in [0, 0.05) is 12.7 Å². The number of aryl methyl sites for hydroxylation is 1. The number of fused-ring (bicyclic) bond motifs is 2. The second-order valence-electron chi connectivity index (χ2n) is 7.50. The van der Waals surface area contributed by atoms with Crippen LogP contribution in [0, 0.1) is 12.3 Å². The van der Waals surface area contributed by atoms with Crippen LogP contribution in [0.5, 0.6) is 0 Å². The van der Waals surface area contributed by atoms with Gasteiger partial charge in [0.25, 0.3) is 11.5 Å². The van der Waals surface area contributed by atoms with Crippen molar-refractivity contribution < 1.29 is 4.79 Å². The first-order chi connectivity index (χ1) is 14.9. The molecule has 4 aromatic rings. The lowest BCUT2D eigenvalue weighted by atomic mass is 10.1. The average molecular weight is 413 g/mol. The summed E-state index contributed by atoms with van der Waals surface area (Å²) in [7, 11) is 0. The minimum absolute atomic E-state index is 0.0199. The Morgan fingerprint density at radius 1 is 1.26 bits per heavy atom. The Hall–Kier alpha value is -4.00. The third-order valence-corrected chi connectivity index (χ3v) is 5.26. The minimum atomic E-state index is -0.421. The zero-order valence-electron chi connectivity index (χ0n) is 17.4. The van der Waals surface area contributed by atoms with Crippen LogP contribution in [0.1, 0.15) is 34.5 Å². The number of rotatable bonds is 5. The smallest absolute Gasteiger partial charge is 0.267 e. The SMILES string of the molecule is C=CCn1c(=N)c(C(=O)N[C@@H](C)c2ccccc2)cc2c(=O)n3cc(C)ccc3nc21. The molecular weight excluding hydrogens is 390 g/mol. The van der Waals surface area contributed by atoms with E-state index in [4.69, 9.17) is 5.41 Å². The van der Waals surface area contributed by atoms with E-state index in [-0.39, 0.29) is 34.6 Å². The molecule has 4 rings (SSSR count). The highest BCUT2D eigenvalue weighted by Crippen LogP contribution is 2.14. The van der Waals surface area contributed by atoms with Crippen LogP contribution in [0.3, 0.4) is 0 Å². The Morgan fingerprint density at radius 3 is 2.71 bits per heavy atom. The van der Waals surface area contributed by atoms with Crippen molar-refractivity contribution >= 4 is 22.6 Å². The molecule has 3 aromatic heterocycles. The fraction of sp³-hybridized carbons (Fsp3) is 0.167. The topological polar surface area (TPSA) is 92.2 Å². The summed E-state index contributed by atoms with van der Waals surface area (Å²) in [5.74, 6) is -0.421. The van der Waals surface area contributed by atoms with Gasteiger partial charge >= 0.3 is 0 Å². The zero-order valence-corrected chi connectivity index (χ0v) is 17.4. The third-order valence-electron chi connectivity index (χ3n) is 5.26. The summed E-state index contributed by atoms with van der Waals surface area (Å²) in [4.78, 5) is 30.9. The number of nitrogens with zero attached hydrogens (tertiary/aromatic N) is 3. The number of aromatic nitrogens is 3. The molecule has 0 spiro atoms. The van der Waals surface area contributed by atoms with Gasteiger partial charge in [-0.25, -0.2) is 4.98 Å². The highest BCUT2D eigenvalue weighted by atomic mass is 16.2. The van der Waals surface area contributed by atoms with E-state index < -0.39 is 5.91 Å². The van der Waals surface area contributed by atoms with Gasteiger partial charge in [0.2, 0.25) is 0 Å². The van der Waals surface area contributed by atoms with Gasteiger partial charge in [0.1, 0.15) is 16.8 Å². The number of hydrogen-bond donors (Lipinski definition) is 2. The number of carbonyl (C=O) groups is 1. The van der Waals surface area contributed by atoms with E-state index in [0.717, 1.165) is 11.1 Å². The predicted octanol–water partition coefficient (Wildman–Crippen LogP) is 3.11. The Labute approximate surface area is 178 Å². The summed E-state index contributed by atoms with van der Waals surface area (Å²) in [5.41, 5.74) is 2.51. The van der Waals surface area contributed by atoms with Crippen molar-refractivity contribution in [1.82, 2.24) is 19.3 Å². The van der Waals surface area contributed by atoms with Crippen molar-refractivity contribution in [3.8, 4) is 0 Å². The van der Waals surface area contributed by atoms with Crippen LogP contribution in [0.25, 0.3) is 16.7 Å². The van der Waals surface area contributed by atoms with Crippen LogP contribution in [0.2, 0.25) is 0 Å². The lowest BCUT2D eigenvalue weighted by Gasteiger charge is -2.17. The number of pyridine rings is 2. The molecule has 1 atom stereocenters. The molecule has 1 aromatic carbocycles. The van der Waals surface area contributed by atoms with Gasteiger partial charge in [-0.3, -0.25) is 19.4 Å². The first-order valence-electron chi connectivity index (χ1n) is 9.98. The normalized spacial score (nSPS) is 12.1. The van der Waals surface area contributed by atoms with Crippen LogP contribution in [0.15, 0.2) is 72.2 Å². The van der Waals surface area contributed by atoms with Crippen molar-refractivity contribution in [3.63, 3.8) is 0 Å². The quantitative estimate of drug-likeness (QED) is 0.389. The summed E-state index contributed by atoms with van der Waals surface area (Å²) < 4.78 is 3.00. The average Bonchev–Trinajstić information content (AvgIpc) is 2.77. The summed E-state index contributed by atoms with van der Waals surface area (Å²) in [6, 6.07) is 14.4. The van der Waals surface area contributed by atoms with Crippen LogP contribution < -0.4 is 16.4 Å². The van der Waals surface area contributed by atoms with E-state index in [2.05, 4.69) is 16.9 Å². The van der Waals surface area contributed by atoms with E-state index >= 15 is 0 Å². The molecule has 1 amide bonds. The van der Waals surface area contributed by atoms with Gasteiger partial charge in [-0.15, -0.1) is 6.58 Å². The second kappa shape index (κ2) is 8.02. The summed E-state index contributed by atoms with van der Waals surface area (Å²) in [5, 5.41) is 11.8. The molecule has 7 heteroatoms. The van der Waals surface area contributed by atoms with Gasteiger partial charge < -0.3 is 9.88 Å². The van der Waals surface area contributed by atoms with E-state index in [1.807, 2.05) is 50.2 Å². The largest absolute Gasteiger partial charge is 0.345 e. The molecule has 0 radical (unpaired) electrons. The summed E-state index contributed by atoms with van der Waals surface area (Å²) in [6.07, 6.45) is 3.33. The molecule has 0 bridgehead atoms. The van der Waals surface area contributed by atoms with Crippen LogP contribution >= 0.6 is 0 Å². The molecule has 31 heavy (non-hydrogen) atoms. The molecule has 0 saturated carbocycles. The number of allylic oxidation sites excluding steroid dienone is 1. The van der Waals surface area contributed by atoms with E-state index in [1.165, 1.54) is 15.0 Å². The van der Waals surface area contributed by atoms with Gasteiger partial charge in [-0.2, -0.15) is 0 Å². The molecule has 0 fully saturated rings. The molecule has 0 unspecified atom stereocenters. The van der Waals surface area contributed by atoms with Crippen molar-refractivity contribution in [2.45, 2.75) is 26.4 Å². The number of nitrogens with one attached hydrogen (secondary N) is 2. The molecule has 0 saturated heterocycles. The maximum Gasteiger partial charge on any atom is 0.267 e. The van der Waals surface area contributed by atoms with Crippen LogP contribution in [-0.4, -0.2) is 19.9 Å². The second-order valence-corrected chi connectivity index (χ2v) is 7.50. The van der Waals surface area contributed by atoms with E-state index in [0.29, 0.717) is 11.3 Å². The first-order valence-corrected chi connectivity index (χ1v) is 9.98. The Balaban J connectivity index is 1.90. The number of benzene rings is 1. The third kappa shape index (κ3) is 3.66. The molecule has 0 aliphatic carbocycles. The zero-order chi connectivity index (χ0) is 22.1. The number of carbonyl (C=O) groups excluding carboxylic acids is 1. The summed E-state index contributed by atoms with van der Waals surface area (Å²) >= 11 is 0. The first kappa shape index (κ1) is 20.3. The Bertz CT molecular complexity index is 1430. The van der Waals surface area contributed by atoms with E-state index in [1.54, 1.807) is 18.3 Å². The van der Waals surface area contributed by atoms with E-state index in [9.17, 15) is 9.59 Å². The fourth-order valence-corrected chi connectivity index (χ4v) is 3.62. The molecule has 2 N–H and O–H groups in total. The van der Waals surface area contributed by atoms with Gasteiger partial charge in [0.05, 0.1) is 17.0 Å². The molecule has 7 nitrogen and oxygen atoms in total. The monoisotopic (exact) mass is 413 g/mol.